The van der Waals surface area contributed by atoms with Gasteiger partial charge in [-0.15, -0.1) is 11.6 Å². The second-order valence-corrected chi connectivity index (χ2v) is 11.4. The van der Waals surface area contributed by atoms with Crippen LogP contribution in [0.2, 0.25) is 0 Å². The van der Waals surface area contributed by atoms with E-state index in [1.165, 1.54) is 13.8 Å². The Morgan fingerprint density at radius 3 is 2.43 bits per heavy atom. The van der Waals surface area contributed by atoms with Crippen LogP contribution in [0.5, 0.6) is 0 Å². The molecule has 5 aliphatic carbocycles. The normalized spacial score (nSPS) is 53.6. The fourth-order valence-corrected chi connectivity index (χ4v) is 8.95. The van der Waals surface area contributed by atoms with Crippen LogP contribution in [0.3, 0.4) is 0 Å². The lowest BCUT2D eigenvalue weighted by Crippen LogP contribution is -2.63. The molecule has 0 aliphatic heterocycles. The van der Waals surface area contributed by atoms with Gasteiger partial charge in [-0.05, 0) is 79.8 Å². The van der Waals surface area contributed by atoms with E-state index in [1.807, 2.05) is 0 Å². The van der Waals surface area contributed by atoms with Gasteiger partial charge in [0, 0.05) is 18.3 Å². The highest BCUT2D eigenvalue weighted by molar-refractivity contribution is 6.23. The SMILES string of the molecule is CC(=O)O[C@@]1(C(C)=O)CC[C@@H]2[C@@H]3[C@@H](O)[C@@H](Cl)C4=CC(=O)[C@H]5C[C@H]5[C@]4(C)[C@@H]3CC[C@@]21C. The van der Waals surface area contributed by atoms with E-state index < -0.39 is 28.5 Å². The Hall–Kier alpha value is -1.20. The van der Waals surface area contributed by atoms with Gasteiger partial charge < -0.3 is 9.84 Å². The van der Waals surface area contributed by atoms with Crippen molar-refractivity contribution < 1.29 is 24.2 Å². The van der Waals surface area contributed by atoms with E-state index >= 15 is 0 Å². The summed E-state index contributed by atoms with van der Waals surface area (Å²) in [6.07, 6.45) is 4.68. The lowest BCUT2D eigenvalue weighted by Gasteiger charge is -2.61. The summed E-state index contributed by atoms with van der Waals surface area (Å²) in [5.41, 5.74) is -0.911. The Kier molecular flexibility index (Phi) is 4.27. The third-order valence-corrected chi connectivity index (χ3v) is 10.4. The van der Waals surface area contributed by atoms with E-state index in [-0.39, 0.29) is 40.7 Å². The van der Waals surface area contributed by atoms with Crippen LogP contribution in [0.4, 0.5) is 0 Å². The summed E-state index contributed by atoms with van der Waals surface area (Å²) in [4.78, 5) is 37.2. The van der Waals surface area contributed by atoms with E-state index in [9.17, 15) is 19.5 Å². The van der Waals surface area contributed by atoms with Crippen LogP contribution in [-0.4, -0.2) is 39.7 Å². The Morgan fingerprint density at radius 1 is 1.13 bits per heavy atom. The van der Waals surface area contributed by atoms with E-state index in [4.69, 9.17) is 16.3 Å². The molecule has 0 aromatic heterocycles. The Bertz CT molecular complexity index is 881. The van der Waals surface area contributed by atoms with Crippen molar-refractivity contribution in [2.45, 2.75) is 76.9 Å². The van der Waals surface area contributed by atoms with Crippen LogP contribution in [0.15, 0.2) is 11.6 Å². The molecule has 0 spiro atoms. The number of alkyl halides is 1. The number of carbonyl (C=O) groups excluding carboxylic acids is 3. The van der Waals surface area contributed by atoms with Gasteiger partial charge in [-0.3, -0.25) is 14.4 Å². The summed E-state index contributed by atoms with van der Waals surface area (Å²) in [5.74, 6) is 0.230. The topological polar surface area (TPSA) is 80.7 Å². The summed E-state index contributed by atoms with van der Waals surface area (Å²) < 4.78 is 5.79. The van der Waals surface area contributed by atoms with Crippen molar-refractivity contribution in [2.75, 3.05) is 0 Å². The molecule has 10 atom stereocenters. The second kappa shape index (κ2) is 6.19. The van der Waals surface area contributed by atoms with Crippen LogP contribution in [0.25, 0.3) is 0 Å². The Labute approximate surface area is 182 Å². The van der Waals surface area contributed by atoms with Gasteiger partial charge in [0.2, 0.25) is 0 Å². The third kappa shape index (κ3) is 2.26. The molecule has 164 valence electrons. The zero-order valence-electron chi connectivity index (χ0n) is 18.1. The fourth-order valence-electron chi connectivity index (χ4n) is 8.48. The minimum Gasteiger partial charge on any atom is -0.451 e. The number of ether oxygens (including phenoxy) is 1. The Balaban J connectivity index is 1.59. The van der Waals surface area contributed by atoms with Crippen molar-refractivity contribution >= 4 is 29.1 Å². The molecule has 1 N–H and O–H groups in total. The van der Waals surface area contributed by atoms with Gasteiger partial charge in [0.25, 0.3) is 0 Å². The largest absolute Gasteiger partial charge is 0.451 e. The molecule has 30 heavy (non-hydrogen) atoms. The second-order valence-electron chi connectivity index (χ2n) is 10.9. The van der Waals surface area contributed by atoms with E-state index in [0.717, 1.165) is 31.3 Å². The van der Waals surface area contributed by atoms with Crippen molar-refractivity contribution in [2.24, 2.45) is 40.4 Å². The molecule has 0 aromatic rings. The van der Waals surface area contributed by atoms with Crippen molar-refractivity contribution in [1.29, 1.82) is 0 Å². The quantitative estimate of drug-likeness (QED) is 0.531. The highest BCUT2D eigenvalue weighted by Crippen LogP contribution is 2.73. The number of aliphatic hydroxyl groups excluding tert-OH is 1. The molecule has 0 bridgehead atoms. The van der Waals surface area contributed by atoms with E-state index in [2.05, 4.69) is 13.8 Å². The minimum absolute atomic E-state index is 0.0453. The van der Waals surface area contributed by atoms with Crippen LogP contribution in [0, 0.1) is 40.4 Å². The first-order chi connectivity index (χ1) is 14.0. The number of rotatable bonds is 2. The van der Waals surface area contributed by atoms with Gasteiger partial charge in [-0.2, -0.15) is 0 Å². The zero-order chi connectivity index (χ0) is 21.8. The molecule has 4 fully saturated rings. The summed E-state index contributed by atoms with van der Waals surface area (Å²) in [6, 6.07) is 0. The van der Waals surface area contributed by atoms with E-state index in [0.29, 0.717) is 12.3 Å². The molecule has 0 heterocycles. The first-order valence-electron chi connectivity index (χ1n) is 11.3. The van der Waals surface area contributed by atoms with Gasteiger partial charge in [-0.25, -0.2) is 0 Å². The minimum atomic E-state index is -1.13. The number of esters is 1. The van der Waals surface area contributed by atoms with Gasteiger partial charge in [0.05, 0.1) is 11.5 Å². The lowest BCUT2D eigenvalue weighted by molar-refractivity contribution is -0.192. The van der Waals surface area contributed by atoms with Crippen molar-refractivity contribution in [3.63, 3.8) is 0 Å². The predicted octanol–water partition coefficient (Wildman–Crippen LogP) is 3.45. The summed E-state index contributed by atoms with van der Waals surface area (Å²) in [7, 11) is 0. The van der Waals surface area contributed by atoms with Crippen molar-refractivity contribution in [3.8, 4) is 0 Å². The van der Waals surface area contributed by atoms with Gasteiger partial charge in [-0.1, -0.05) is 13.8 Å². The van der Waals surface area contributed by atoms with Crippen LogP contribution in [0.1, 0.15) is 59.8 Å². The number of fused-ring (bicyclic) bond motifs is 7. The molecule has 0 saturated heterocycles. The number of Topliss-reactive ketones (excluding diaryl/α,β-unsaturated/α-hetero) is 1. The highest BCUT2D eigenvalue weighted by Gasteiger charge is 2.73. The number of carbonyl (C=O) groups is 3. The van der Waals surface area contributed by atoms with Crippen molar-refractivity contribution in [1.82, 2.24) is 0 Å². The number of hydrogen-bond acceptors (Lipinski definition) is 5. The molecule has 0 aromatic carbocycles. The molecule has 4 saturated carbocycles. The predicted molar refractivity (Wildman–Crippen MR) is 111 cm³/mol. The Morgan fingerprint density at radius 2 is 1.80 bits per heavy atom. The maximum Gasteiger partial charge on any atom is 0.303 e. The number of ketones is 2. The molecule has 0 amide bonds. The summed E-state index contributed by atoms with van der Waals surface area (Å²) >= 11 is 6.83. The first kappa shape index (κ1) is 20.7. The van der Waals surface area contributed by atoms with Crippen LogP contribution in [-0.2, 0) is 19.1 Å². The zero-order valence-corrected chi connectivity index (χ0v) is 18.9. The first-order valence-corrected chi connectivity index (χ1v) is 11.7. The fraction of sp³-hybridized carbons (Fsp3) is 0.792. The number of hydrogen-bond donors (Lipinski definition) is 1. The third-order valence-electron chi connectivity index (χ3n) is 9.95. The monoisotopic (exact) mass is 434 g/mol. The highest BCUT2D eigenvalue weighted by atomic mass is 35.5. The van der Waals surface area contributed by atoms with Gasteiger partial charge in [0.15, 0.2) is 17.2 Å². The molecule has 5 rings (SSSR count). The van der Waals surface area contributed by atoms with Gasteiger partial charge in [0.1, 0.15) is 0 Å². The summed E-state index contributed by atoms with van der Waals surface area (Å²) in [6.45, 7) is 7.20. The molecule has 5 aliphatic rings. The van der Waals surface area contributed by atoms with Crippen LogP contribution < -0.4 is 0 Å². The van der Waals surface area contributed by atoms with Crippen molar-refractivity contribution in [3.05, 3.63) is 11.6 Å². The molecular weight excluding hydrogens is 404 g/mol. The van der Waals surface area contributed by atoms with Crippen LogP contribution >= 0.6 is 11.6 Å². The molecule has 0 radical (unpaired) electrons. The lowest BCUT2D eigenvalue weighted by atomic mass is 9.45. The molecule has 6 heteroatoms. The maximum absolute atomic E-state index is 12.8. The summed E-state index contributed by atoms with van der Waals surface area (Å²) in [5, 5.41) is 10.8. The number of halogens is 1. The standard InChI is InChI=1S/C24H31ClO5/c1-11(26)24(30-12(2)27)8-6-14-19-15(5-7-22(14,24)3)23(4)16-9-13(16)18(28)10-17(23)20(25)21(19)29/h10,13-16,19-21,29H,5-9H2,1-4H3/t13-,14+,15+,16+,19-,20-,21+,22-,23-,24+/m0/s1. The smallest absolute Gasteiger partial charge is 0.303 e. The molecule has 0 unspecified atom stereocenters. The average molecular weight is 435 g/mol. The molecule has 5 nitrogen and oxygen atoms in total. The number of aliphatic hydroxyl groups is 1. The maximum atomic E-state index is 12.8. The molecular formula is C24H31ClO5. The average Bonchev–Trinajstić information content (AvgIpc) is 3.43. The van der Waals surface area contributed by atoms with E-state index in [1.54, 1.807) is 6.08 Å². The van der Waals surface area contributed by atoms with Gasteiger partial charge >= 0.3 is 5.97 Å².